The van der Waals surface area contributed by atoms with E-state index < -0.39 is 24.2 Å². The molecule has 0 bridgehead atoms. The summed E-state index contributed by atoms with van der Waals surface area (Å²) in [6.45, 7) is 3.67. The second kappa shape index (κ2) is 10.7. The monoisotopic (exact) mass is 478 g/mol. The zero-order valence-corrected chi connectivity index (χ0v) is 19.7. The van der Waals surface area contributed by atoms with Crippen LogP contribution in [0.4, 0.5) is 8.78 Å². The second-order valence-electron chi connectivity index (χ2n) is 9.11. The minimum atomic E-state index is -1.31. The molecule has 2 aromatic carbocycles. The molecule has 1 aliphatic heterocycles. The van der Waals surface area contributed by atoms with Gasteiger partial charge in [0.05, 0.1) is 19.0 Å². The molecule has 0 spiro atoms. The number of benzene rings is 2. The lowest BCUT2D eigenvalue weighted by Gasteiger charge is -2.27. The smallest absolute Gasteiger partial charge is 0.243 e. The predicted octanol–water partition coefficient (Wildman–Crippen LogP) is 4.13. The molecule has 4 rings (SSSR count). The Hall–Kier alpha value is -3.68. The van der Waals surface area contributed by atoms with Gasteiger partial charge in [0.2, 0.25) is 11.8 Å². The van der Waals surface area contributed by atoms with Gasteiger partial charge in [-0.3, -0.25) is 9.59 Å². The molecule has 2 heterocycles. The molecule has 35 heavy (non-hydrogen) atoms. The average Bonchev–Trinajstić information content (AvgIpc) is 3.25. The highest BCUT2D eigenvalue weighted by Crippen LogP contribution is 2.28. The molecule has 0 saturated carbocycles. The molecule has 2 amide bonds. The van der Waals surface area contributed by atoms with Crippen molar-refractivity contribution in [3.8, 4) is 0 Å². The van der Waals surface area contributed by atoms with Crippen molar-refractivity contribution in [2.75, 3.05) is 6.54 Å². The Labute approximate surface area is 203 Å². The van der Waals surface area contributed by atoms with Crippen LogP contribution in [-0.4, -0.2) is 45.4 Å². The number of amides is 2. The fraction of sp³-hybridized carbons (Fsp3) is 0.333. The van der Waals surface area contributed by atoms with Crippen LogP contribution in [0.1, 0.15) is 54.5 Å². The summed E-state index contributed by atoms with van der Waals surface area (Å²) in [5.74, 6) is -1.18. The SMILES string of the molecule is CC(C)c1ccc(C(NC(=O)C2CC(F)CN2C(=O)Cc2cncnc2)c2ccccc2)cc1F. The van der Waals surface area contributed by atoms with E-state index in [2.05, 4.69) is 15.3 Å². The molecule has 3 atom stereocenters. The van der Waals surface area contributed by atoms with E-state index >= 15 is 0 Å². The van der Waals surface area contributed by atoms with E-state index in [1.165, 1.54) is 29.7 Å². The molecular weight excluding hydrogens is 450 g/mol. The number of alkyl halides is 1. The van der Waals surface area contributed by atoms with Gasteiger partial charge in [-0.1, -0.05) is 56.3 Å². The topological polar surface area (TPSA) is 75.2 Å². The van der Waals surface area contributed by atoms with Gasteiger partial charge in [-0.15, -0.1) is 0 Å². The van der Waals surface area contributed by atoms with Crippen LogP contribution in [0.3, 0.4) is 0 Å². The van der Waals surface area contributed by atoms with Crippen molar-refractivity contribution in [3.05, 3.63) is 95.3 Å². The summed E-state index contributed by atoms with van der Waals surface area (Å²) < 4.78 is 29.2. The Balaban J connectivity index is 1.58. The third-order valence-corrected chi connectivity index (χ3v) is 6.24. The van der Waals surface area contributed by atoms with E-state index in [4.69, 9.17) is 0 Å². The second-order valence-corrected chi connectivity index (χ2v) is 9.11. The Morgan fingerprint density at radius 1 is 1.09 bits per heavy atom. The number of halogens is 2. The minimum absolute atomic E-state index is 0.0170. The van der Waals surface area contributed by atoms with Gasteiger partial charge in [-0.2, -0.15) is 0 Å². The molecular formula is C27H28F2N4O2. The normalized spacial score (nSPS) is 18.5. The number of nitrogens with zero attached hydrogens (tertiary/aromatic N) is 3. The first-order chi connectivity index (χ1) is 16.8. The third-order valence-electron chi connectivity index (χ3n) is 6.24. The third kappa shape index (κ3) is 5.70. The lowest BCUT2D eigenvalue weighted by molar-refractivity contribution is -0.138. The molecule has 1 N–H and O–H groups in total. The summed E-state index contributed by atoms with van der Waals surface area (Å²) in [6.07, 6.45) is 2.97. The molecule has 1 aromatic heterocycles. The molecule has 3 unspecified atom stereocenters. The molecule has 0 radical (unpaired) electrons. The first-order valence-corrected chi connectivity index (χ1v) is 11.7. The van der Waals surface area contributed by atoms with Crippen LogP contribution >= 0.6 is 0 Å². The van der Waals surface area contributed by atoms with Crippen molar-refractivity contribution < 1.29 is 18.4 Å². The van der Waals surface area contributed by atoms with Gasteiger partial charge in [-0.25, -0.2) is 18.7 Å². The van der Waals surface area contributed by atoms with Crippen LogP contribution in [0.25, 0.3) is 0 Å². The van der Waals surface area contributed by atoms with E-state index in [1.54, 1.807) is 12.1 Å². The van der Waals surface area contributed by atoms with Gasteiger partial charge in [0, 0.05) is 18.8 Å². The zero-order chi connectivity index (χ0) is 24.9. The van der Waals surface area contributed by atoms with E-state index in [0.717, 1.165) is 5.56 Å². The zero-order valence-electron chi connectivity index (χ0n) is 19.7. The maximum atomic E-state index is 14.8. The van der Waals surface area contributed by atoms with E-state index in [-0.39, 0.29) is 37.0 Å². The average molecular weight is 479 g/mol. The van der Waals surface area contributed by atoms with Gasteiger partial charge in [0.25, 0.3) is 0 Å². The van der Waals surface area contributed by atoms with Crippen molar-refractivity contribution >= 4 is 11.8 Å². The Morgan fingerprint density at radius 2 is 1.80 bits per heavy atom. The Morgan fingerprint density at radius 3 is 2.46 bits per heavy atom. The highest BCUT2D eigenvalue weighted by atomic mass is 19.1. The van der Waals surface area contributed by atoms with Gasteiger partial charge < -0.3 is 10.2 Å². The van der Waals surface area contributed by atoms with Crippen LogP contribution in [0.15, 0.2) is 67.3 Å². The van der Waals surface area contributed by atoms with Crippen molar-refractivity contribution in [1.29, 1.82) is 0 Å². The summed E-state index contributed by atoms with van der Waals surface area (Å²) in [5, 5.41) is 2.95. The molecule has 8 heteroatoms. The lowest BCUT2D eigenvalue weighted by atomic mass is 9.94. The maximum absolute atomic E-state index is 14.8. The van der Waals surface area contributed by atoms with Crippen LogP contribution in [0.2, 0.25) is 0 Å². The number of nitrogens with one attached hydrogen (secondary N) is 1. The number of hydrogen-bond donors (Lipinski definition) is 1. The first-order valence-electron chi connectivity index (χ1n) is 11.7. The number of carbonyl (C=O) groups excluding carboxylic acids is 2. The maximum Gasteiger partial charge on any atom is 0.243 e. The Kier molecular flexibility index (Phi) is 7.48. The van der Waals surface area contributed by atoms with E-state index in [0.29, 0.717) is 16.7 Å². The summed E-state index contributed by atoms with van der Waals surface area (Å²) in [5.41, 5.74) is 2.50. The van der Waals surface area contributed by atoms with Crippen LogP contribution in [0, 0.1) is 5.82 Å². The number of carbonyl (C=O) groups is 2. The number of aromatic nitrogens is 2. The number of likely N-dealkylation sites (tertiary alicyclic amines) is 1. The van der Waals surface area contributed by atoms with Gasteiger partial charge in [-0.05, 0) is 34.2 Å². The van der Waals surface area contributed by atoms with Crippen LogP contribution in [-0.2, 0) is 16.0 Å². The summed E-state index contributed by atoms with van der Waals surface area (Å²) in [4.78, 5) is 35.4. The number of rotatable bonds is 7. The van der Waals surface area contributed by atoms with Crippen molar-refractivity contribution in [2.45, 2.75) is 50.9 Å². The van der Waals surface area contributed by atoms with Gasteiger partial charge >= 0.3 is 0 Å². The molecule has 1 saturated heterocycles. The van der Waals surface area contributed by atoms with Crippen LogP contribution in [0.5, 0.6) is 0 Å². The van der Waals surface area contributed by atoms with Crippen LogP contribution < -0.4 is 5.32 Å². The van der Waals surface area contributed by atoms with Crippen molar-refractivity contribution in [2.24, 2.45) is 0 Å². The molecule has 0 aliphatic carbocycles. The Bertz CT molecular complexity index is 1170. The summed E-state index contributed by atoms with van der Waals surface area (Å²) in [6, 6.07) is 12.5. The van der Waals surface area contributed by atoms with Crippen molar-refractivity contribution in [1.82, 2.24) is 20.2 Å². The first kappa shape index (κ1) is 24.4. The highest BCUT2D eigenvalue weighted by molar-refractivity contribution is 5.89. The molecule has 182 valence electrons. The molecule has 1 aliphatic rings. The quantitative estimate of drug-likeness (QED) is 0.554. The highest BCUT2D eigenvalue weighted by Gasteiger charge is 2.40. The standard InChI is InChI=1S/C27H28F2N4O2/c1-17(2)22-9-8-20(11-23(22)29)26(19-6-4-3-5-7-19)32-27(35)24-12-21(28)15-33(24)25(34)10-18-13-30-16-31-14-18/h3-9,11,13-14,16-17,21,24,26H,10,12,15H2,1-2H3,(H,32,35). The molecule has 3 aromatic rings. The van der Waals surface area contributed by atoms with Crippen molar-refractivity contribution in [3.63, 3.8) is 0 Å². The lowest BCUT2D eigenvalue weighted by Crippen LogP contribution is -2.47. The summed E-state index contributed by atoms with van der Waals surface area (Å²) in [7, 11) is 0. The number of hydrogen-bond acceptors (Lipinski definition) is 4. The fourth-order valence-corrected chi connectivity index (χ4v) is 4.44. The molecule has 1 fully saturated rings. The minimum Gasteiger partial charge on any atom is -0.343 e. The van der Waals surface area contributed by atoms with E-state index in [1.807, 2.05) is 44.2 Å². The van der Waals surface area contributed by atoms with Gasteiger partial charge in [0.1, 0.15) is 24.4 Å². The fourth-order valence-electron chi connectivity index (χ4n) is 4.44. The van der Waals surface area contributed by atoms with Gasteiger partial charge in [0.15, 0.2) is 0 Å². The largest absolute Gasteiger partial charge is 0.343 e. The predicted molar refractivity (Wildman–Crippen MR) is 128 cm³/mol. The summed E-state index contributed by atoms with van der Waals surface area (Å²) >= 11 is 0. The van der Waals surface area contributed by atoms with E-state index in [9.17, 15) is 18.4 Å². The molecule has 6 nitrogen and oxygen atoms in total.